The van der Waals surface area contributed by atoms with E-state index in [1.165, 1.54) is 0 Å². The second-order valence-electron chi connectivity index (χ2n) is 5.46. The highest BCUT2D eigenvalue weighted by molar-refractivity contribution is 5.72. The molecule has 6 heteroatoms. The van der Waals surface area contributed by atoms with Crippen LogP contribution in [0.25, 0.3) is 0 Å². The van der Waals surface area contributed by atoms with Gasteiger partial charge in [-0.25, -0.2) is 4.79 Å². The van der Waals surface area contributed by atoms with Gasteiger partial charge in [-0.1, -0.05) is 12.1 Å². The van der Waals surface area contributed by atoms with E-state index in [9.17, 15) is 9.59 Å². The number of hydrogen-bond acceptors (Lipinski definition) is 4. The summed E-state index contributed by atoms with van der Waals surface area (Å²) in [5.74, 6) is -1.01. The Morgan fingerprint density at radius 1 is 1.30 bits per heavy atom. The Morgan fingerprint density at radius 2 is 1.85 bits per heavy atom. The number of alkyl carbamates (subject to hydrolysis) is 1. The number of hydrogen-bond donors (Lipinski definition) is 3. The SMILES string of the molecule is CC(C)(C)OC(=O)N[C@@H](CC(=O)O)c1ccc(N)cc1. The van der Waals surface area contributed by atoms with Gasteiger partial charge in [-0.2, -0.15) is 0 Å². The van der Waals surface area contributed by atoms with Crippen molar-refractivity contribution in [3.63, 3.8) is 0 Å². The number of benzene rings is 1. The zero-order valence-corrected chi connectivity index (χ0v) is 11.8. The van der Waals surface area contributed by atoms with Crippen LogP contribution in [0.5, 0.6) is 0 Å². The average molecular weight is 280 g/mol. The molecule has 0 radical (unpaired) electrons. The largest absolute Gasteiger partial charge is 0.481 e. The van der Waals surface area contributed by atoms with Crippen molar-refractivity contribution in [3.8, 4) is 0 Å². The van der Waals surface area contributed by atoms with Gasteiger partial charge in [0.1, 0.15) is 5.60 Å². The number of carboxylic acid groups (broad SMARTS) is 1. The lowest BCUT2D eigenvalue weighted by molar-refractivity contribution is -0.137. The van der Waals surface area contributed by atoms with Crippen LogP contribution in [0.1, 0.15) is 38.8 Å². The molecule has 1 aromatic carbocycles. The van der Waals surface area contributed by atoms with E-state index in [0.29, 0.717) is 11.3 Å². The van der Waals surface area contributed by atoms with E-state index < -0.39 is 23.7 Å². The fourth-order valence-corrected chi connectivity index (χ4v) is 1.60. The number of anilines is 1. The summed E-state index contributed by atoms with van der Waals surface area (Å²) >= 11 is 0. The summed E-state index contributed by atoms with van der Waals surface area (Å²) in [4.78, 5) is 22.6. The number of nitrogens with one attached hydrogen (secondary N) is 1. The number of nitrogens with two attached hydrogens (primary N) is 1. The first-order chi connectivity index (χ1) is 9.17. The number of carbonyl (C=O) groups excluding carboxylic acids is 1. The number of ether oxygens (including phenoxy) is 1. The summed E-state index contributed by atoms with van der Waals surface area (Å²) in [5.41, 5.74) is 6.17. The van der Waals surface area contributed by atoms with Gasteiger partial charge in [0, 0.05) is 5.69 Å². The number of aliphatic carboxylic acids is 1. The van der Waals surface area contributed by atoms with Crippen molar-refractivity contribution in [2.75, 3.05) is 5.73 Å². The summed E-state index contributed by atoms with van der Waals surface area (Å²) in [5, 5.41) is 11.5. The average Bonchev–Trinajstić information content (AvgIpc) is 2.25. The number of carboxylic acids is 1. The first-order valence-corrected chi connectivity index (χ1v) is 6.24. The highest BCUT2D eigenvalue weighted by Crippen LogP contribution is 2.19. The van der Waals surface area contributed by atoms with Crippen LogP contribution in [-0.2, 0) is 9.53 Å². The number of rotatable bonds is 4. The first-order valence-electron chi connectivity index (χ1n) is 6.24. The summed E-state index contributed by atoms with van der Waals surface area (Å²) < 4.78 is 5.13. The maximum atomic E-state index is 11.7. The third-order valence-electron chi connectivity index (χ3n) is 2.41. The van der Waals surface area contributed by atoms with Crippen molar-refractivity contribution in [2.24, 2.45) is 0 Å². The topological polar surface area (TPSA) is 102 Å². The smallest absolute Gasteiger partial charge is 0.408 e. The molecule has 6 nitrogen and oxygen atoms in total. The molecule has 110 valence electrons. The fraction of sp³-hybridized carbons (Fsp3) is 0.429. The van der Waals surface area contributed by atoms with Crippen molar-refractivity contribution in [1.82, 2.24) is 5.32 Å². The maximum absolute atomic E-state index is 11.7. The van der Waals surface area contributed by atoms with Gasteiger partial charge in [0.05, 0.1) is 12.5 Å². The molecule has 1 amide bonds. The molecule has 0 heterocycles. The third-order valence-corrected chi connectivity index (χ3v) is 2.41. The van der Waals surface area contributed by atoms with Crippen molar-refractivity contribution < 1.29 is 19.4 Å². The Morgan fingerprint density at radius 3 is 2.30 bits per heavy atom. The van der Waals surface area contributed by atoms with E-state index in [2.05, 4.69) is 5.32 Å². The monoisotopic (exact) mass is 280 g/mol. The van der Waals surface area contributed by atoms with Crippen LogP contribution in [-0.4, -0.2) is 22.8 Å². The second-order valence-corrected chi connectivity index (χ2v) is 5.46. The minimum atomic E-state index is -1.01. The molecule has 0 aromatic heterocycles. The lowest BCUT2D eigenvalue weighted by Crippen LogP contribution is -2.35. The van der Waals surface area contributed by atoms with Crippen LogP contribution in [0.4, 0.5) is 10.5 Å². The molecule has 0 fully saturated rings. The molecular formula is C14H20N2O4. The molecule has 1 aromatic rings. The molecular weight excluding hydrogens is 260 g/mol. The summed E-state index contributed by atoms with van der Waals surface area (Å²) in [6.07, 6.45) is -0.885. The molecule has 4 N–H and O–H groups in total. The highest BCUT2D eigenvalue weighted by Gasteiger charge is 2.22. The zero-order chi connectivity index (χ0) is 15.3. The van der Waals surface area contributed by atoms with Crippen LogP contribution in [0.3, 0.4) is 0 Å². The van der Waals surface area contributed by atoms with Gasteiger partial charge in [0.2, 0.25) is 0 Å². The predicted octanol–water partition coefficient (Wildman–Crippen LogP) is 2.31. The lowest BCUT2D eigenvalue weighted by Gasteiger charge is -2.23. The second kappa shape index (κ2) is 6.27. The van der Waals surface area contributed by atoms with E-state index >= 15 is 0 Å². The van der Waals surface area contributed by atoms with Gasteiger partial charge in [0.25, 0.3) is 0 Å². The van der Waals surface area contributed by atoms with Crippen molar-refractivity contribution in [2.45, 2.75) is 38.8 Å². The van der Waals surface area contributed by atoms with Crippen LogP contribution in [0.2, 0.25) is 0 Å². The standard InChI is InChI=1S/C14H20N2O4/c1-14(2,3)20-13(19)16-11(8-12(17)18)9-4-6-10(15)7-5-9/h4-7,11H,8,15H2,1-3H3,(H,16,19)(H,17,18)/t11-/m0/s1. The Labute approximate surface area is 117 Å². The minimum absolute atomic E-state index is 0.233. The van der Waals surface area contributed by atoms with Gasteiger partial charge >= 0.3 is 12.1 Å². The van der Waals surface area contributed by atoms with E-state index in [0.717, 1.165) is 0 Å². The van der Waals surface area contributed by atoms with E-state index in [-0.39, 0.29) is 6.42 Å². The molecule has 0 aliphatic carbocycles. The fourth-order valence-electron chi connectivity index (χ4n) is 1.60. The highest BCUT2D eigenvalue weighted by atomic mass is 16.6. The van der Waals surface area contributed by atoms with Crippen molar-refractivity contribution in [1.29, 1.82) is 0 Å². The van der Waals surface area contributed by atoms with Gasteiger partial charge in [-0.15, -0.1) is 0 Å². The lowest BCUT2D eigenvalue weighted by atomic mass is 10.0. The van der Waals surface area contributed by atoms with Crippen molar-refractivity contribution in [3.05, 3.63) is 29.8 Å². The predicted molar refractivity (Wildman–Crippen MR) is 75.2 cm³/mol. The third kappa shape index (κ3) is 5.60. The number of amides is 1. The molecule has 0 bridgehead atoms. The zero-order valence-electron chi connectivity index (χ0n) is 11.8. The number of carbonyl (C=O) groups is 2. The summed E-state index contributed by atoms with van der Waals surface area (Å²) in [6.45, 7) is 5.21. The van der Waals surface area contributed by atoms with Crippen LogP contribution < -0.4 is 11.1 Å². The van der Waals surface area contributed by atoms with Crippen molar-refractivity contribution >= 4 is 17.7 Å². The Kier molecular flexibility index (Phi) is 4.96. The Bertz CT molecular complexity index is 477. The molecule has 1 atom stereocenters. The molecule has 1 rings (SSSR count). The first kappa shape index (κ1) is 15.8. The summed E-state index contributed by atoms with van der Waals surface area (Å²) in [7, 11) is 0. The Hall–Kier alpha value is -2.24. The molecule has 0 unspecified atom stereocenters. The van der Waals surface area contributed by atoms with E-state index in [4.69, 9.17) is 15.6 Å². The molecule has 0 aliphatic heterocycles. The van der Waals surface area contributed by atoms with E-state index in [1.807, 2.05) is 0 Å². The van der Waals surface area contributed by atoms with Crippen LogP contribution in [0.15, 0.2) is 24.3 Å². The molecule has 20 heavy (non-hydrogen) atoms. The summed E-state index contributed by atoms with van der Waals surface area (Å²) in [6, 6.07) is 6.01. The van der Waals surface area contributed by atoms with Gasteiger partial charge < -0.3 is 20.9 Å². The number of nitrogen functional groups attached to an aromatic ring is 1. The Balaban J connectivity index is 2.82. The minimum Gasteiger partial charge on any atom is -0.481 e. The maximum Gasteiger partial charge on any atom is 0.408 e. The van der Waals surface area contributed by atoms with Gasteiger partial charge in [0.15, 0.2) is 0 Å². The van der Waals surface area contributed by atoms with Crippen LogP contribution in [0, 0.1) is 0 Å². The normalized spacial score (nSPS) is 12.6. The van der Waals surface area contributed by atoms with Gasteiger partial charge in [-0.3, -0.25) is 4.79 Å². The molecule has 0 saturated carbocycles. The molecule has 0 spiro atoms. The van der Waals surface area contributed by atoms with Crippen LogP contribution >= 0.6 is 0 Å². The quantitative estimate of drug-likeness (QED) is 0.734. The van der Waals surface area contributed by atoms with Gasteiger partial charge in [-0.05, 0) is 38.5 Å². The molecule has 0 saturated heterocycles. The van der Waals surface area contributed by atoms with E-state index in [1.54, 1.807) is 45.0 Å². The molecule has 0 aliphatic rings.